The smallest absolute Gasteiger partial charge is 0.416 e. The molecule has 0 aromatic heterocycles. The number of carbonyl (C=O) groups is 2. The van der Waals surface area contributed by atoms with Crippen molar-refractivity contribution in [1.29, 1.82) is 0 Å². The lowest BCUT2D eigenvalue weighted by molar-refractivity contribution is -0.139. The number of carboxylic acids is 1. The van der Waals surface area contributed by atoms with Crippen LogP contribution in [0.25, 0.3) is 0 Å². The van der Waals surface area contributed by atoms with Crippen molar-refractivity contribution in [3.05, 3.63) is 63.9 Å². The van der Waals surface area contributed by atoms with E-state index in [-0.39, 0.29) is 29.0 Å². The van der Waals surface area contributed by atoms with Crippen molar-refractivity contribution in [3.63, 3.8) is 0 Å². The summed E-state index contributed by atoms with van der Waals surface area (Å²) in [5.41, 5.74) is -5.02. The molecule has 7 nitrogen and oxygen atoms in total. The van der Waals surface area contributed by atoms with Gasteiger partial charge < -0.3 is 14.6 Å². The molecule has 39 heavy (non-hydrogen) atoms. The molecule has 2 aromatic carbocycles. The lowest BCUT2D eigenvalue weighted by atomic mass is 9.76. The van der Waals surface area contributed by atoms with Crippen LogP contribution in [0.1, 0.15) is 45.7 Å². The van der Waals surface area contributed by atoms with E-state index in [9.17, 15) is 14.7 Å². The second kappa shape index (κ2) is 9.43. The van der Waals surface area contributed by atoms with Crippen LogP contribution in [0.3, 0.4) is 0 Å². The maximum absolute atomic E-state index is 15.9. The quantitative estimate of drug-likeness (QED) is 0.390. The molecule has 1 aliphatic heterocycles. The highest BCUT2D eigenvalue weighted by Crippen LogP contribution is 2.83. The maximum Gasteiger partial charge on any atom is 0.416 e. The minimum absolute atomic E-state index is 0.181. The van der Waals surface area contributed by atoms with Crippen LogP contribution in [0.5, 0.6) is 5.75 Å². The SMILES string of the molecule is COc1ccc(CN(C(=O)OC(C)(C)C)C2=N[C@](C)(c3cc(Br)ccc3F)C3(C)C(F)(F)[C@]3(C(=O)O)S2)cc1. The molecule has 210 valence electrons. The van der Waals surface area contributed by atoms with Gasteiger partial charge in [0.1, 0.15) is 22.7 Å². The molecule has 0 bridgehead atoms. The summed E-state index contributed by atoms with van der Waals surface area (Å²) in [5, 5.41) is 9.89. The first-order valence-electron chi connectivity index (χ1n) is 11.9. The molecule has 4 rings (SSSR count). The molecule has 1 unspecified atom stereocenters. The second-order valence-electron chi connectivity index (χ2n) is 10.8. The van der Waals surface area contributed by atoms with Crippen molar-refractivity contribution in [2.75, 3.05) is 7.11 Å². The topological polar surface area (TPSA) is 88.4 Å². The summed E-state index contributed by atoms with van der Waals surface area (Å²) in [7, 11) is 1.50. The van der Waals surface area contributed by atoms with Crippen LogP contribution >= 0.6 is 27.7 Å². The first-order chi connectivity index (χ1) is 17.9. The second-order valence-corrected chi connectivity index (χ2v) is 12.9. The Bertz CT molecular complexity index is 1370. The van der Waals surface area contributed by atoms with E-state index in [0.717, 1.165) is 17.9 Å². The Morgan fingerprint density at radius 3 is 2.28 bits per heavy atom. The molecular formula is C27H28BrF3N2O5S. The lowest BCUT2D eigenvalue weighted by Crippen LogP contribution is -2.49. The average molecular weight is 629 g/mol. The van der Waals surface area contributed by atoms with Crippen molar-refractivity contribution in [1.82, 2.24) is 4.90 Å². The fourth-order valence-electron chi connectivity index (χ4n) is 5.02. The highest BCUT2D eigenvalue weighted by Gasteiger charge is 3.00. The van der Waals surface area contributed by atoms with Gasteiger partial charge in [0.2, 0.25) is 0 Å². The largest absolute Gasteiger partial charge is 0.497 e. The number of hydrogen-bond donors (Lipinski definition) is 1. The maximum atomic E-state index is 15.9. The Morgan fingerprint density at radius 1 is 1.13 bits per heavy atom. The zero-order chi connectivity index (χ0) is 29.2. The van der Waals surface area contributed by atoms with Crippen LogP contribution in [0.2, 0.25) is 0 Å². The number of carbonyl (C=O) groups excluding carboxylic acids is 1. The molecule has 1 aliphatic carbocycles. The van der Waals surface area contributed by atoms with E-state index in [2.05, 4.69) is 20.9 Å². The van der Waals surface area contributed by atoms with Gasteiger partial charge in [-0.25, -0.2) is 23.0 Å². The van der Waals surface area contributed by atoms with E-state index >= 15 is 13.2 Å². The van der Waals surface area contributed by atoms with Gasteiger partial charge in [-0.3, -0.25) is 9.69 Å². The summed E-state index contributed by atoms with van der Waals surface area (Å²) in [6.45, 7) is 7.10. The number of carboxylic acid groups (broad SMARTS) is 1. The molecular weight excluding hydrogens is 601 g/mol. The standard InChI is InChI=1S/C27H28BrF3N2O5S/c1-23(2,3)38-22(36)33(14-15-7-10-17(37-6)11-8-15)21-32-24(4,18-13-16(28)9-12-19(18)29)25(5)26(39-21,20(34)35)27(25,30)31/h7-13H,14H2,1-6H3,(H,34,35)/t24-,25?,26-/m1/s1. The van der Waals surface area contributed by atoms with Gasteiger partial charge in [-0.2, -0.15) is 0 Å². The van der Waals surface area contributed by atoms with Crippen molar-refractivity contribution < 1.29 is 37.3 Å². The molecule has 0 saturated heterocycles. The average Bonchev–Trinajstić information content (AvgIpc) is 3.26. The van der Waals surface area contributed by atoms with Crippen molar-refractivity contribution in [2.45, 2.75) is 63.0 Å². The number of rotatable bonds is 5. The van der Waals surface area contributed by atoms with Gasteiger partial charge in [0, 0.05) is 10.0 Å². The molecule has 0 radical (unpaired) electrons. The van der Waals surface area contributed by atoms with Crippen LogP contribution in [0, 0.1) is 11.2 Å². The Balaban J connectivity index is 1.94. The third-order valence-electron chi connectivity index (χ3n) is 7.35. The number of amides is 1. The number of halogens is 4. The number of amidine groups is 1. The number of aliphatic carboxylic acids is 1. The van der Waals surface area contributed by atoms with Gasteiger partial charge in [-0.1, -0.05) is 39.8 Å². The Morgan fingerprint density at radius 2 is 1.74 bits per heavy atom. The first kappa shape index (κ1) is 29.3. The summed E-state index contributed by atoms with van der Waals surface area (Å²) in [6.07, 6.45) is -0.922. The normalized spacial score (nSPS) is 27.2. The summed E-state index contributed by atoms with van der Waals surface area (Å²) >= 11 is 3.53. The fraction of sp³-hybridized carbons (Fsp3) is 0.444. The van der Waals surface area contributed by atoms with Gasteiger partial charge in [0.05, 0.1) is 19.1 Å². The summed E-state index contributed by atoms with van der Waals surface area (Å²) < 4.78 is 55.4. The number of alkyl halides is 2. The molecule has 2 aromatic rings. The number of aliphatic imine (C=N–C) groups is 1. The number of hydrogen-bond acceptors (Lipinski definition) is 6. The van der Waals surface area contributed by atoms with Crippen molar-refractivity contribution >= 4 is 44.9 Å². The number of benzene rings is 2. The molecule has 1 amide bonds. The van der Waals surface area contributed by atoms with Crippen LogP contribution in [0.4, 0.5) is 18.0 Å². The van der Waals surface area contributed by atoms with Gasteiger partial charge >= 0.3 is 12.1 Å². The highest BCUT2D eigenvalue weighted by atomic mass is 79.9. The van der Waals surface area contributed by atoms with Gasteiger partial charge in [-0.15, -0.1) is 0 Å². The summed E-state index contributed by atoms with van der Waals surface area (Å²) in [5.74, 6) is -5.88. The molecule has 12 heteroatoms. The monoisotopic (exact) mass is 628 g/mol. The minimum Gasteiger partial charge on any atom is -0.497 e. The van der Waals surface area contributed by atoms with Gasteiger partial charge in [0.15, 0.2) is 9.91 Å². The zero-order valence-corrected chi connectivity index (χ0v) is 24.5. The number of thioether (sulfide) groups is 1. The fourth-order valence-corrected chi connectivity index (χ4v) is 7.03. The molecule has 2 aliphatic rings. The Hall–Kier alpha value is -2.73. The predicted octanol–water partition coefficient (Wildman–Crippen LogP) is 6.83. The Kier molecular flexibility index (Phi) is 7.08. The van der Waals surface area contributed by atoms with E-state index in [1.54, 1.807) is 45.0 Å². The van der Waals surface area contributed by atoms with E-state index in [1.165, 1.54) is 26.2 Å². The van der Waals surface area contributed by atoms with E-state index < -0.39 is 45.1 Å². The van der Waals surface area contributed by atoms with Crippen molar-refractivity contribution in [2.24, 2.45) is 10.4 Å². The van der Waals surface area contributed by atoms with Crippen LogP contribution in [-0.2, 0) is 21.6 Å². The third-order valence-corrected chi connectivity index (χ3v) is 9.48. The summed E-state index contributed by atoms with van der Waals surface area (Å²) in [4.78, 5) is 31.6. The zero-order valence-electron chi connectivity index (χ0n) is 22.1. The molecule has 1 saturated carbocycles. The number of ether oxygens (including phenoxy) is 2. The van der Waals surface area contributed by atoms with Crippen LogP contribution in [-0.4, -0.2) is 50.6 Å². The summed E-state index contributed by atoms with van der Waals surface area (Å²) in [6, 6.07) is 10.4. The molecule has 1 heterocycles. The molecule has 0 spiro atoms. The van der Waals surface area contributed by atoms with E-state index in [1.807, 2.05) is 0 Å². The molecule has 1 N–H and O–H groups in total. The van der Waals surface area contributed by atoms with Gasteiger partial charge in [-0.05, 0) is 70.5 Å². The van der Waals surface area contributed by atoms with Gasteiger partial charge in [0.25, 0.3) is 5.92 Å². The molecule has 1 fully saturated rings. The van der Waals surface area contributed by atoms with E-state index in [0.29, 0.717) is 15.8 Å². The Labute approximate surface area is 236 Å². The number of fused-ring (bicyclic) bond motifs is 1. The minimum atomic E-state index is -3.81. The predicted molar refractivity (Wildman–Crippen MR) is 145 cm³/mol. The lowest BCUT2D eigenvalue weighted by Gasteiger charge is -2.40. The number of nitrogens with zero attached hydrogens (tertiary/aromatic N) is 2. The van der Waals surface area contributed by atoms with E-state index in [4.69, 9.17) is 9.47 Å². The first-order valence-corrected chi connectivity index (χ1v) is 13.5. The van der Waals surface area contributed by atoms with Crippen LogP contribution < -0.4 is 4.74 Å². The number of methoxy groups -OCH3 is 1. The highest BCUT2D eigenvalue weighted by molar-refractivity contribution is 9.10. The van der Waals surface area contributed by atoms with Crippen molar-refractivity contribution in [3.8, 4) is 5.75 Å². The third kappa shape index (κ3) is 4.30. The van der Waals surface area contributed by atoms with Crippen LogP contribution in [0.15, 0.2) is 51.9 Å². The molecule has 3 atom stereocenters.